The molecule has 34 heavy (non-hydrogen) atoms. The molecule has 1 aromatic heterocycles. The van der Waals surface area contributed by atoms with Crippen molar-refractivity contribution in [1.29, 1.82) is 0 Å². The number of carbonyl (C=O) groups excluding carboxylic acids is 1. The van der Waals surface area contributed by atoms with E-state index < -0.39 is 11.7 Å². The summed E-state index contributed by atoms with van der Waals surface area (Å²) in [4.78, 5) is 24.6. The van der Waals surface area contributed by atoms with Crippen molar-refractivity contribution in [2.24, 2.45) is 0 Å². The Hall–Kier alpha value is -3.45. The number of aliphatic hydroxyl groups is 1. The summed E-state index contributed by atoms with van der Waals surface area (Å²) in [6.45, 7) is 4.06. The topological polar surface area (TPSA) is 69.6 Å². The summed E-state index contributed by atoms with van der Waals surface area (Å²) < 4.78 is 16.0. The number of aromatic nitrogens is 2. The summed E-state index contributed by atoms with van der Waals surface area (Å²) in [7, 11) is 0. The van der Waals surface area contributed by atoms with Crippen molar-refractivity contribution in [3.8, 4) is 0 Å². The van der Waals surface area contributed by atoms with Crippen molar-refractivity contribution in [3.05, 3.63) is 88.2 Å². The summed E-state index contributed by atoms with van der Waals surface area (Å²) in [5.41, 5.74) is 2.33. The lowest BCUT2D eigenvalue weighted by molar-refractivity contribution is -0.126. The third kappa shape index (κ3) is 3.90. The molecule has 2 aliphatic rings. The van der Waals surface area contributed by atoms with Crippen molar-refractivity contribution in [1.82, 2.24) is 14.9 Å². The van der Waals surface area contributed by atoms with Gasteiger partial charge in [0, 0.05) is 54.5 Å². The van der Waals surface area contributed by atoms with Gasteiger partial charge in [-0.2, -0.15) is 0 Å². The van der Waals surface area contributed by atoms with Crippen LogP contribution >= 0.6 is 11.6 Å². The Morgan fingerprint density at radius 2 is 1.97 bits per heavy atom. The maximum absolute atomic E-state index is 16.0. The van der Waals surface area contributed by atoms with Crippen LogP contribution in [0.2, 0.25) is 5.02 Å². The monoisotopic (exact) mass is 478 g/mol. The Balaban J connectivity index is 1.53. The van der Waals surface area contributed by atoms with E-state index in [2.05, 4.69) is 9.97 Å². The molecule has 1 N–H and O–H groups in total. The van der Waals surface area contributed by atoms with Crippen LogP contribution < -0.4 is 4.90 Å². The minimum Gasteiger partial charge on any atom is -0.512 e. The van der Waals surface area contributed by atoms with E-state index >= 15 is 4.39 Å². The standard InChI is InChI=1S/C26H24ClFN4O2/c1-2-5-22(34)31-8-10-32(11-9-31)26-20-14-21(27)23(24(28)25(20)29-15-30-26)19-13-17(33)12-16-6-3-4-7-18(16)19/h2-7,13-15,19,33H,8-12H2,1H3/b5-2+/t19-/m1/s1. The molecule has 1 saturated heterocycles. The Labute approximate surface area is 202 Å². The van der Waals surface area contributed by atoms with Crippen molar-refractivity contribution in [2.75, 3.05) is 31.1 Å². The van der Waals surface area contributed by atoms with Gasteiger partial charge in [-0.05, 0) is 36.3 Å². The van der Waals surface area contributed by atoms with E-state index in [0.29, 0.717) is 49.4 Å². The second-order valence-corrected chi connectivity index (χ2v) is 8.91. The molecule has 2 heterocycles. The zero-order valence-electron chi connectivity index (χ0n) is 18.7. The van der Waals surface area contributed by atoms with E-state index in [9.17, 15) is 9.90 Å². The van der Waals surface area contributed by atoms with Crippen LogP contribution in [0.25, 0.3) is 10.9 Å². The van der Waals surface area contributed by atoms with Gasteiger partial charge in [0.05, 0.1) is 5.76 Å². The number of nitrogens with zero attached hydrogens (tertiary/aromatic N) is 4. The normalized spacial score (nSPS) is 18.3. The number of anilines is 1. The SMILES string of the molecule is C/C=C/C(=O)N1CCN(c2ncnc3c(F)c([C@@H]4C=C(O)Cc5ccccc54)c(Cl)cc23)CC1. The largest absolute Gasteiger partial charge is 0.512 e. The molecule has 0 radical (unpaired) electrons. The first-order valence-corrected chi connectivity index (χ1v) is 11.6. The predicted molar refractivity (Wildman–Crippen MR) is 131 cm³/mol. The summed E-state index contributed by atoms with van der Waals surface area (Å²) in [5, 5.41) is 11.1. The first-order valence-electron chi connectivity index (χ1n) is 11.2. The van der Waals surface area contributed by atoms with Gasteiger partial charge >= 0.3 is 0 Å². The molecule has 6 nitrogen and oxygen atoms in total. The van der Waals surface area contributed by atoms with Gasteiger partial charge in [-0.25, -0.2) is 14.4 Å². The number of benzene rings is 2. The summed E-state index contributed by atoms with van der Waals surface area (Å²) in [6.07, 6.45) is 6.71. The second-order valence-electron chi connectivity index (χ2n) is 8.50. The summed E-state index contributed by atoms with van der Waals surface area (Å²) >= 11 is 6.68. The van der Waals surface area contributed by atoms with Crippen LogP contribution in [-0.2, 0) is 11.2 Å². The van der Waals surface area contributed by atoms with E-state index in [0.717, 1.165) is 11.1 Å². The molecule has 3 aromatic rings. The summed E-state index contributed by atoms with van der Waals surface area (Å²) in [5.74, 6) is -0.261. The fourth-order valence-electron chi connectivity index (χ4n) is 4.83. The lowest BCUT2D eigenvalue weighted by Gasteiger charge is -2.35. The number of hydrogen-bond acceptors (Lipinski definition) is 5. The number of piperazine rings is 1. The van der Waals surface area contributed by atoms with Crippen molar-refractivity contribution >= 4 is 34.2 Å². The third-order valence-electron chi connectivity index (χ3n) is 6.47. The van der Waals surface area contributed by atoms with Gasteiger partial charge in [0.25, 0.3) is 0 Å². The van der Waals surface area contributed by atoms with Crippen LogP contribution in [0.4, 0.5) is 10.2 Å². The number of rotatable bonds is 3. The number of allylic oxidation sites excluding steroid dienone is 3. The second kappa shape index (κ2) is 9.06. The van der Waals surface area contributed by atoms with Crippen molar-refractivity contribution in [3.63, 3.8) is 0 Å². The van der Waals surface area contributed by atoms with Crippen LogP contribution in [0, 0.1) is 5.82 Å². The van der Waals surface area contributed by atoms with E-state index in [1.165, 1.54) is 6.33 Å². The molecule has 2 aromatic carbocycles. The molecule has 1 aliphatic heterocycles. The van der Waals surface area contributed by atoms with E-state index in [4.69, 9.17) is 11.6 Å². The highest BCUT2D eigenvalue weighted by atomic mass is 35.5. The lowest BCUT2D eigenvalue weighted by atomic mass is 9.82. The molecule has 1 amide bonds. The highest BCUT2D eigenvalue weighted by molar-refractivity contribution is 6.32. The van der Waals surface area contributed by atoms with E-state index in [1.807, 2.05) is 36.1 Å². The average molecular weight is 479 g/mol. The maximum Gasteiger partial charge on any atom is 0.246 e. The molecule has 5 rings (SSSR count). The van der Waals surface area contributed by atoms with Gasteiger partial charge in [0.2, 0.25) is 5.91 Å². The minimum atomic E-state index is -0.515. The number of fused-ring (bicyclic) bond motifs is 2. The molecule has 0 unspecified atom stereocenters. The van der Waals surface area contributed by atoms with Crippen LogP contribution in [0.1, 0.15) is 29.5 Å². The molecule has 0 spiro atoms. The molecule has 8 heteroatoms. The van der Waals surface area contributed by atoms with E-state index in [1.54, 1.807) is 29.2 Å². The maximum atomic E-state index is 16.0. The zero-order valence-corrected chi connectivity index (χ0v) is 19.5. The number of aliphatic hydroxyl groups excluding tert-OH is 1. The smallest absolute Gasteiger partial charge is 0.246 e. The Bertz CT molecular complexity index is 1330. The van der Waals surface area contributed by atoms with Gasteiger partial charge in [0.1, 0.15) is 17.7 Å². The lowest BCUT2D eigenvalue weighted by Crippen LogP contribution is -2.48. The number of halogens is 2. The Kier molecular flexibility index (Phi) is 5.96. The quantitative estimate of drug-likeness (QED) is 0.549. The Morgan fingerprint density at radius 3 is 2.74 bits per heavy atom. The van der Waals surface area contributed by atoms with Gasteiger partial charge in [0.15, 0.2) is 5.82 Å². The van der Waals surface area contributed by atoms with Crippen LogP contribution in [-0.4, -0.2) is 52.1 Å². The van der Waals surface area contributed by atoms with Crippen molar-refractivity contribution in [2.45, 2.75) is 19.3 Å². The van der Waals surface area contributed by atoms with Crippen LogP contribution in [0.5, 0.6) is 0 Å². The average Bonchev–Trinajstić information content (AvgIpc) is 2.84. The minimum absolute atomic E-state index is 0.0162. The molecule has 1 atom stereocenters. The molecule has 0 bridgehead atoms. The molecule has 174 valence electrons. The molecular weight excluding hydrogens is 455 g/mol. The summed E-state index contributed by atoms with van der Waals surface area (Å²) in [6, 6.07) is 9.38. The first kappa shape index (κ1) is 22.3. The Morgan fingerprint density at radius 1 is 1.21 bits per heavy atom. The predicted octanol–water partition coefficient (Wildman–Crippen LogP) is 4.78. The third-order valence-corrected chi connectivity index (χ3v) is 6.78. The molecule has 1 fully saturated rings. The number of carbonyl (C=O) groups is 1. The molecular formula is C26H24ClFN4O2. The number of hydrogen-bond donors (Lipinski definition) is 1. The van der Waals surface area contributed by atoms with Gasteiger partial charge in [-0.1, -0.05) is 41.9 Å². The first-order chi connectivity index (χ1) is 16.5. The fourth-order valence-corrected chi connectivity index (χ4v) is 5.14. The van der Waals surface area contributed by atoms with Gasteiger partial charge < -0.3 is 14.9 Å². The fraction of sp³-hybridized carbons (Fsp3) is 0.269. The zero-order chi connectivity index (χ0) is 23.8. The highest BCUT2D eigenvalue weighted by Gasteiger charge is 2.29. The van der Waals surface area contributed by atoms with Gasteiger partial charge in [-0.15, -0.1) is 0 Å². The van der Waals surface area contributed by atoms with Crippen molar-refractivity contribution < 1.29 is 14.3 Å². The van der Waals surface area contributed by atoms with Gasteiger partial charge in [-0.3, -0.25) is 4.79 Å². The van der Waals surface area contributed by atoms with Crippen LogP contribution in [0.15, 0.2) is 60.6 Å². The van der Waals surface area contributed by atoms with E-state index in [-0.39, 0.29) is 22.2 Å². The number of amides is 1. The van der Waals surface area contributed by atoms with Crippen LogP contribution in [0.3, 0.4) is 0 Å². The highest BCUT2D eigenvalue weighted by Crippen LogP contribution is 2.42. The molecule has 0 saturated carbocycles. The molecule has 1 aliphatic carbocycles.